The molecule has 0 aliphatic carbocycles. The third-order valence-corrected chi connectivity index (χ3v) is 4.80. The average Bonchev–Trinajstić information content (AvgIpc) is 2.79. The van der Waals surface area contributed by atoms with Crippen molar-refractivity contribution in [3.05, 3.63) is 59.7 Å². The van der Waals surface area contributed by atoms with Crippen LogP contribution in [0.3, 0.4) is 0 Å². The summed E-state index contributed by atoms with van der Waals surface area (Å²) in [6.45, 7) is 2.20. The number of hydrogen-bond acceptors (Lipinski definition) is 5. The molecule has 6 heteroatoms. The highest BCUT2D eigenvalue weighted by Crippen LogP contribution is 2.16. The van der Waals surface area contributed by atoms with Crippen LogP contribution in [0, 0.1) is 0 Å². The number of benzene rings is 2. The summed E-state index contributed by atoms with van der Waals surface area (Å²) in [5.41, 5.74) is 3.70. The van der Waals surface area contributed by atoms with Crippen molar-refractivity contribution in [2.75, 3.05) is 7.11 Å². The average molecular weight is 425 g/mol. The molecule has 1 N–H and O–H groups in total. The second-order valence-corrected chi connectivity index (χ2v) is 7.36. The van der Waals surface area contributed by atoms with Gasteiger partial charge >= 0.3 is 5.97 Å². The fourth-order valence-electron chi connectivity index (χ4n) is 3.03. The molecule has 2 rings (SSSR count). The Kier molecular flexibility index (Phi) is 10.9. The summed E-state index contributed by atoms with van der Waals surface area (Å²) in [6, 6.07) is 13.7. The first-order valence-electron chi connectivity index (χ1n) is 10.9. The molecular weight excluding hydrogens is 392 g/mol. The van der Waals surface area contributed by atoms with E-state index in [4.69, 9.17) is 9.47 Å². The van der Waals surface area contributed by atoms with Gasteiger partial charge in [-0.3, -0.25) is 4.79 Å². The van der Waals surface area contributed by atoms with Crippen molar-refractivity contribution in [1.82, 2.24) is 5.43 Å². The van der Waals surface area contributed by atoms with Crippen molar-refractivity contribution in [3.8, 4) is 11.5 Å². The Morgan fingerprint density at radius 1 is 0.935 bits per heavy atom. The minimum atomic E-state index is -0.459. The van der Waals surface area contributed by atoms with Gasteiger partial charge in [-0.2, -0.15) is 5.10 Å². The fourth-order valence-corrected chi connectivity index (χ4v) is 3.03. The zero-order valence-electron chi connectivity index (χ0n) is 18.4. The summed E-state index contributed by atoms with van der Waals surface area (Å²) < 4.78 is 10.5. The number of carbonyl (C=O) groups excluding carboxylic acids is 2. The predicted molar refractivity (Wildman–Crippen MR) is 123 cm³/mol. The number of nitrogens with one attached hydrogen (secondary N) is 1. The van der Waals surface area contributed by atoms with Crippen LogP contribution in [0.2, 0.25) is 0 Å². The molecule has 0 atom stereocenters. The molecule has 0 aliphatic rings. The van der Waals surface area contributed by atoms with Crippen LogP contribution >= 0.6 is 0 Å². The highest BCUT2D eigenvalue weighted by Gasteiger charge is 2.09. The second kappa shape index (κ2) is 14.0. The van der Waals surface area contributed by atoms with Crippen LogP contribution in [0.25, 0.3) is 0 Å². The Bertz CT molecular complexity index is 847. The summed E-state index contributed by atoms with van der Waals surface area (Å²) >= 11 is 0. The lowest BCUT2D eigenvalue weighted by atomic mass is 10.1. The fraction of sp³-hybridized carbons (Fsp3) is 0.400. The first kappa shape index (κ1) is 24.1. The number of hydrazone groups is 1. The third kappa shape index (κ3) is 9.47. The molecule has 0 aromatic heterocycles. The standard InChI is InChI=1S/C25H32N2O4/c1-3-4-5-6-7-8-9-13-24(28)27-26-19-20-11-10-12-23(18-20)31-25(29)21-14-16-22(30-2)17-15-21/h10-12,14-19H,3-9,13H2,1-2H3,(H,27,28)/b26-19-. The minimum Gasteiger partial charge on any atom is -0.497 e. The van der Waals surface area contributed by atoms with E-state index in [1.807, 2.05) is 6.07 Å². The van der Waals surface area contributed by atoms with Gasteiger partial charge in [0.25, 0.3) is 0 Å². The molecular formula is C25H32N2O4. The van der Waals surface area contributed by atoms with Crippen molar-refractivity contribution in [2.45, 2.75) is 58.3 Å². The number of ether oxygens (including phenoxy) is 2. The Morgan fingerprint density at radius 3 is 2.35 bits per heavy atom. The van der Waals surface area contributed by atoms with E-state index in [1.54, 1.807) is 49.6 Å². The molecule has 0 saturated carbocycles. The summed E-state index contributed by atoms with van der Waals surface area (Å²) in [7, 11) is 1.57. The Balaban J connectivity index is 1.75. The second-order valence-electron chi connectivity index (χ2n) is 7.36. The molecule has 0 radical (unpaired) electrons. The van der Waals surface area contributed by atoms with Gasteiger partial charge in [0.05, 0.1) is 18.9 Å². The van der Waals surface area contributed by atoms with Crippen molar-refractivity contribution < 1.29 is 19.1 Å². The van der Waals surface area contributed by atoms with Gasteiger partial charge in [-0.15, -0.1) is 0 Å². The van der Waals surface area contributed by atoms with E-state index in [1.165, 1.54) is 38.3 Å². The normalized spacial score (nSPS) is 10.8. The molecule has 6 nitrogen and oxygen atoms in total. The largest absolute Gasteiger partial charge is 0.497 e. The molecule has 0 heterocycles. The third-order valence-electron chi connectivity index (χ3n) is 4.80. The molecule has 166 valence electrons. The van der Waals surface area contributed by atoms with Gasteiger partial charge in [0, 0.05) is 6.42 Å². The maximum absolute atomic E-state index is 12.3. The van der Waals surface area contributed by atoms with Gasteiger partial charge < -0.3 is 9.47 Å². The lowest BCUT2D eigenvalue weighted by Crippen LogP contribution is -2.16. The monoisotopic (exact) mass is 424 g/mol. The highest BCUT2D eigenvalue weighted by molar-refractivity contribution is 5.91. The minimum absolute atomic E-state index is 0.0908. The Morgan fingerprint density at radius 2 is 1.65 bits per heavy atom. The topological polar surface area (TPSA) is 77.0 Å². The van der Waals surface area contributed by atoms with E-state index >= 15 is 0 Å². The number of hydrogen-bond donors (Lipinski definition) is 1. The molecule has 31 heavy (non-hydrogen) atoms. The van der Waals surface area contributed by atoms with E-state index in [-0.39, 0.29) is 5.91 Å². The summed E-state index contributed by atoms with van der Waals surface area (Å²) in [5.74, 6) is 0.523. The highest BCUT2D eigenvalue weighted by atomic mass is 16.5. The van der Waals surface area contributed by atoms with Gasteiger partial charge in [0.15, 0.2) is 0 Å². The van der Waals surface area contributed by atoms with Crippen LogP contribution in [0.5, 0.6) is 11.5 Å². The van der Waals surface area contributed by atoms with Crippen molar-refractivity contribution >= 4 is 18.1 Å². The van der Waals surface area contributed by atoms with Crippen LogP contribution < -0.4 is 14.9 Å². The van der Waals surface area contributed by atoms with E-state index in [0.29, 0.717) is 23.5 Å². The smallest absolute Gasteiger partial charge is 0.343 e. The van der Waals surface area contributed by atoms with E-state index < -0.39 is 5.97 Å². The number of esters is 1. The molecule has 2 aromatic rings. The molecule has 2 aromatic carbocycles. The van der Waals surface area contributed by atoms with Gasteiger partial charge in [0.1, 0.15) is 11.5 Å². The van der Waals surface area contributed by atoms with Crippen LogP contribution in [-0.2, 0) is 4.79 Å². The SMILES string of the molecule is CCCCCCCCCC(=O)N/N=C\c1cccc(OC(=O)c2ccc(OC)cc2)c1. The molecule has 0 unspecified atom stereocenters. The van der Waals surface area contributed by atoms with Crippen LogP contribution in [0.15, 0.2) is 53.6 Å². The molecule has 0 bridgehead atoms. The van der Waals surface area contributed by atoms with Gasteiger partial charge in [-0.05, 0) is 48.4 Å². The Hall–Kier alpha value is -3.15. The van der Waals surface area contributed by atoms with Gasteiger partial charge in [-0.1, -0.05) is 57.6 Å². The lowest BCUT2D eigenvalue weighted by Gasteiger charge is -2.06. The van der Waals surface area contributed by atoms with Crippen LogP contribution in [-0.4, -0.2) is 25.2 Å². The maximum atomic E-state index is 12.3. The van der Waals surface area contributed by atoms with Crippen LogP contribution in [0.1, 0.15) is 74.2 Å². The van der Waals surface area contributed by atoms with Gasteiger partial charge in [-0.25, -0.2) is 10.2 Å². The van der Waals surface area contributed by atoms with Crippen molar-refractivity contribution in [1.29, 1.82) is 0 Å². The number of rotatable bonds is 13. The van der Waals surface area contributed by atoms with E-state index in [2.05, 4.69) is 17.5 Å². The number of unbranched alkanes of at least 4 members (excludes halogenated alkanes) is 6. The molecule has 1 amide bonds. The number of amides is 1. The quantitative estimate of drug-likeness (QED) is 0.151. The number of methoxy groups -OCH3 is 1. The molecule has 0 spiro atoms. The van der Waals surface area contributed by atoms with E-state index in [0.717, 1.165) is 18.4 Å². The Labute approximate surface area is 184 Å². The first-order chi connectivity index (χ1) is 15.1. The summed E-state index contributed by atoms with van der Waals surface area (Å²) in [4.78, 5) is 24.2. The molecule has 0 fully saturated rings. The summed E-state index contributed by atoms with van der Waals surface area (Å²) in [6.07, 6.45) is 10.2. The van der Waals surface area contributed by atoms with Crippen molar-refractivity contribution in [3.63, 3.8) is 0 Å². The van der Waals surface area contributed by atoms with Gasteiger partial charge in [0.2, 0.25) is 5.91 Å². The maximum Gasteiger partial charge on any atom is 0.343 e. The predicted octanol–water partition coefficient (Wildman–Crippen LogP) is 5.51. The lowest BCUT2D eigenvalue weighted by molar-refractivity contribution is -0.121. The zero-order chi connectivity index (χ0) is 22.3. The van der Waals surface area contributed by atoms with E-state index in [9.17, 15) is 9.59 Å². The number of carbonyl (C=O) groups is 2. The summed E-state index contributed by atoms with van der Waals surface area (Å²) in [5, 5.41) is 4.00. The molecule has 0 saturated heterocycles. The molecule has 0 aliphatic heterocycles. The van der Waals surface area contributed by atoms with Crippen LogP contribution in [0.4, 0.5) is 0 Å². The first-order valence-corrected chi connectivity index (χ1v) is 10.9. The van der Waals surface area contributed by atoms with Crippen molar-refractivity contribution in [2.24, 2.45) is 5.10 Å². The zero-order valence-corrected chi connectivity index (χ0v) is 18.4. The number of nitrogens with zero attached hydrogens (tertiary/aromatic N) is 1.